The van der Waals surface area contributed by atoms with Crippen LogP contribution in [0.5, 0.6) is 0 Å². The molecule has 1 unspecified atom stereocenters. The second-order valence-electron chi connectivity index (χ2n) is 4.76. The molecule has 1 atom stereocenters. The van der Waals surface area contributed by atoms with E-state index in [4.69, 9.17) is 4.74 Å². The smallest absolute Gasteiger partial charge is 0.114 e. The Bertz CT molecular complexity index is 430. The van der Waals surface area contributed by atoms with Crippen LogP contribution in [-0.4, -0.2) is 28.1 Å². The van der Waals surface area contributed by atoms with E-state index in [1.54, 1.807) is 16.9 Å². The van der Waals surface area contributed by atoms with Crippen LogP contribution in [0.3, 0.4) is 0 Å². The highest BCUT2D eigenvalue weighted by molar-refractivity contribution is 5.16. The number of ether oxygens (including phenoxy) is 1. The summed E-state index contributed by atoms with van der Waals surface area (Å²) in [6.07, 6.45) is 2.98. The molecule has 0 spiro atoms. The lowest BCUT2D eigenvalue weighted by Gasteiger charge is -2.35. The first kappa shape index (κ1) is 13.1. The van der Waals surface area contributed by atoms with E-state index >= 15 is 0 Å². The third-order valence-corrected chi connectivity index (χ3v) is 3.60. The van der Waals surface area contributed by atoms with E-state index in [2.05, 4.69) is 18.1 Å². The zero-order valence-corrected chi connectivity index (χ0v) is 10.7. The number of hydrogen-bond acceptors (Lipinski definition) is 4. The number of aryl methyl sites for hydroxylation is 1. The van der Waals surface area contributed by atoms with Crippen LogP contribution in [0.2, 0.25) is 0 Å². The molecule has 2 heterocycles. The van der Waals surface area contributed by atoms with Gasteiger partial charge in [-0.3, -0.25) is 4.68 Å². The molecule has 0 saturated carbocycles. The lowest BCUT2D eigenvalue weighted by atomic mass is 9.75. The summed E-state index contributed by atoms with van der Waals surface area (Å²) in [6.45, 7) is 3.89. The second-order valence-corrected chi connectivity index (χ2v) is 4.76. The predicted octanol–water partition coefficient (Wildman–Crippen LogP) is 1.65. The van der Waals surface area contributed by atoms with Crippen molar-refractivity contribution in [1.82, 2.24) is 9.78 Å². The molecule has 1 N–H and O–H groups in total. The van der Waals surface area contributed by atoms with Gasteiger partial charge in [0, 0.05) is 26.0 Å². The van der Waals surface area contributed by atoms with Gasteiger partial charge in [-0.05, 0) is 25.3 Å². The van der Waals surface area contributed by atoms with Crippen molar-refractivity contribution in [1.29, 1.82) is 5.26 Å². The van der Waals surface area contributed by atoms with Crippen molar-refractivity contribution in [3.63, 3.8) is 0 Å². The average molecular weight is 249 g/mol. The Morgan fingerprint density at radius 2 is 2.33 bits per heavy atom. The molecule has 0 bridgehead atoms. The molecule has 5 nitrogen and oxygen atoms in total. The number of nitriles is 1. The lowest BCUT2D eigenvalue weighted by Crippen LogP contribution is -2.35. The summed E-state index contributed by atoms with van der Waals surface area (Å²) in [7, 11) is 0. The molecule has 0 aromatic carbocycles. The highest BCUT2D eigenvalue weighted by Gasteiger charge is 2.42. The van der Waals surface area contributed by atoms with Crippen LogP contribution in [-0.2, 0) is 11.3 Å². The van der Waals surface area contributed by atoms with Gasteiger partial charge in [0.2, 0.25) is 0 Å². The Kier molecular flexibility index (Phi) is 4.00. The molecule has 1 fully saturated rings. The Hall–Kier alpha value is -1.38. The number of nitrogens with zero attached hydrogens (tertiary/aromatic N) is 3. The Balaban J connectivity index is 2.25. The summed E-state index contributed by atoms with van der Waals surface area (Å²) >= 11 is 0. The number of hydrogen-bond donors (Lipinski definition) is 1. The minimum absolute atomic E-state index is 0.534. The maximum absolute atomic E-state index is 10.6. The molecule has 18 heavy (non-hydrogen) atoms. The fraction of sp³-hybridized carbons (Fsp3) is 0.692. The van der Waals surface area contributed by atoms with Crippen molar-refractivity contribution < 1.29 is 9.84 Å². The first-order valence-corrected chi connectivity index (χ1v) is 6.42. The van der Waals surface area contributed by atoms with Crippen LogP contribution in [0, 0.1) is 16.7 Å². The summed E-state index contributed by atoms with van der Waals surface area (Å²) in [4.78, 5) is 0. The molecule has 98 valence electrons. The summed E-state index contributed by atoms with van der Waals surface area (Å²) in [6, 6.07) is 4.10. The van der Waals surface area contributed by atoms with Crippen LogP contribution >= 0.6 is 0 Å². The zero-order valence-electron chi connectivity index (χ0n) is 10.7. The van der Waals surface area contributed by atoms with E-state index in [0.717, 1.165) is 18.7 Å². The van der Waals surface area contributed by atoms with E-state index in [1.165, 1.54) is 0 Å². The quantitative estimate of drug-likeness (QED) is 0.880. The first-order valence-electron chi connectivity index (χ1n) is 6.42. The van der Waals surface area contributed by atoms with Crippen LogP contribution in [0.15, 0.2) is 12.3 Å². The van der Waals surface area contributed by atoms with Crippen molar-refractivity contribution in [2.45, 2.75) is 38.8 Å². The second kappa shape index (κ2) is 5.51. The van der Waals surface area contributed by atoms with Gasteiger partial charge in [-0.2, -0.15) is 10.4 Å². The lowest BCUT2D eigenvalue weighted by molar-refractivity contribution is -0.0344. The SMILES string of the molecule is CCCn1nccc1C(O)C1(C#N)CCOCC1. The molecule has 0 amide bonds. The number of aliphatic hydroxyl groups is 1. The highest BCUT2D eigenvalue weighted by Crippen LogP contribution is 2.41. The minimum Gasteiger partial charge on any atom is -0.385 e. The van der Waals surface area contributed by atoms with E-state index in [9.17, 15) is 10.4 Å². The number of aliphatic hydroxyl groups excluding tert-OH is 1. The predicted molar refractivity (Wildman–Crippen MR) is 65.6 cm³/mol. The number of rotatable bonds is 4. The van der Waals surface area contributed by atoms with E-state index in [1.807, 2.05) is 0 Å². The van der Waals surface area contributed by atoms with Crippen molar-refractivity contribution in [3.05, 3.63) is 18.0 Å². The summed E-state index contributed by atoms with van der Waals surface area (Å²) in [5.74, 6) is 0. The molecule has 1 aliphatic heterocycles. The molecule has 1 aromatic heterocycles. The third-order valence-electron chi connectivity index (χ3n) is 3.60. The van der Waals surface area contributed by atoms with Gasteiger partial charge in [0.1, 0.15) is 6.10 Å². The van der Waals surface area contributed by atoms with Gasteiger partial charge in [-0.25, -0.2) is 0 Å². The summed E-state index contributed by atoms with van der Waals surface area (Å²) in [5.41, 5.74) is 0.00402. The molecule has 1 aliphatic rings. The summed E-state index contributed by atoms with van der Waals surface area (Å²) < 4.78 is 7.08. The average Bonchev–Trinajstić information content (AvgIpc) is 2.87. The third kappa shape index (κ3) is 2.26. The van der Waals surface area contributed by atoms with E-state index in [-0.39, 0.29) is 0 Å². The van der Waals surface area contributed by atoms with Crippen LogP contribution in [0.4, 0.5) is 0 Å². The van der Waals surface area contributed by atoms with Gasteiger partial charge < -0.3 is 9.84 Å². The monoisotopic (exact) mass is 249 g/mol. The normalized spacial score (nSPS) is 20.3. The first-order chi connectivity index (χ1) is 8.73. The Morgan fingerprint density at radius 3 is 2.94 bits per heavy atom. The molecule has 5 heteroatoms. The summed E-state index contributed by atoms with van der Waals surface area (Å²) in [5, 5.41) is 24.2. The van der Waals surface area contributed by atoms with Crippen molar-refractivity contribution >= 4 is 0 Å². The Morgan fingerprint density at radius 1 is 1.61 bits per heavy atom. The van der Waals surface area contributed by atoms with Crippen molar-refractivity contribution in [3.8, 4) is 6.07 Å². The zero-order chi connectivity index (χ0) is 13.0. The largest absolute Gasteiger partial charge is 0.385 e. The van der Waals surface area contributed by atoms with E-state index < -0.39 is 11.5 Å². The Labute approximate surface area is 107 Å². The molecular formula is C13H19N3O2. The minimum atomic E-state index is -0.791. The fourth-order valence-electron chi connectivity index (χ4n) is 2.44. The van der Waals surface area contributed by atoms with Gasteiger partial charge in [-0.1, -0.05) is 6.92 Å². The molecule has 2 rings (SSSR count). The van der Waals surface area contributed by atoms with Crippen molar-refractivity contribution in [2.24, 2.45) is 5.41 Å². The van der Waals surface area contributed by atoms with Crippen LogP contribution in [0.25, 0.3) is 0 Å². The van der Waals surface area contributed by atoms with Crippen LogP contribution < -0.4 is 0 Å². The van der Waals surface area contributed by atoms with Gasteiger partial charge in [0.05, 0.1) is 17.2 Å². The molecule has 0 radical (unpaired) electrons. The van der Waals surface area contributed by atoms with Crippen molar-refractivity contribution in [2.75, 3.05) is 13.2 Å². The molecular weight excluding hydrogens is 230 g/mol. The number of aromatic nitrogens is 2. The molecule has 1 aromatic rings. The topological polar surface area (TPSA) is 71.1 Å². The van der Waals surface area contributed by atoms with Gasteiger partial charge in [0.15, 0.2) is 0 Å². The standard InChI is InChI=1S/C13H19N3O2/c1-2-7-16-11(3-6-15-16)12(17)13(10-14)4-8-18-9-5-13/h3,6,12,17H,2,4-5,7-9H2,1H3. The van der Waals surface area contributed by atoms with Gasteiger partial charge in [0.25, 0.3) is 0 Å². The van der Waals surface area contributed by atoms with Crippen LogP contribution in [0.1, 0.15) is 38.0 Å². The van der Waals surface area contributed by atoms with Gasteiger partial charge >= 0.3 is 0 Å². The van der Waals surface area contributed by atoms with E-state index in [0.29, 0.717) is 26.1 Å². The maximum atomic E-state index is 10.6. The highest BCUT2D eigenvalue weighted by atomic mass is 16.5. The maximum Gasteiger partial charge on any atom is 0.114 e. The molecule has 0 aliphatic carbocycles. The molecule has 1 saturated heterocycles. The fourth-order valence-corrected chi connectivity index (χ4v) is 2.44. The van der Waals surface area contributed by atoms with Gasteiger partial charge in [-0.15, -0.1) is 0 Å².